The van der Waals surface area contributed by atoms with Gasteiger partial charge in [-0.05, 0) is 49.1 Å². The molecule has 0 saturated carbocycles. The van der Waals surface area contributed by atoms with Gasteiger partial charge < -0.3 is 10.1 Å². The highest BCUT2D eigenvalue weighted by Gasteiger charge is 2.17. The summed E-state index contributed by atoms with van der Waals surface area (Å²) in [5.41, 5.74) is 2.73. The van der Waals surface area contributed by atoms with Crippen LogP contribution in [0.2, 0.25) is 0 Å². The van der Waals surface area contributed by atoms with Crippen LogP contribution in [-0.2, 0) is 16.0 Å². The standard InChI is InChI=1S/C23H24FN3O2S/c1-2-15-5-3-7-19-21(15)26-22(16-8-10-17(24)11-9-16)27-23(19)30-14-20(28)25-13-18-6-4-12-29-18/h3,5,7-11,18H,2,4,6,12-14H2,1H3,(H,25,28)/t18-/m0/s1. The number of hydrogen-bond acceptors (Lipinski definition) is 5. The van der Waals surface area contributed by atoms with Crippen molar-refractivity contribution in [3.05, 3.63) is 53.8 Å². The molecule has 1 amide bonds. The molecule has 1 atom stereocenters. The fourth-order valence-electron chi connectivity index (χ4n) is 3.52. The summed E-state index contributed by atoms with van der Waals surface area (Å²) in [7, 11) is 0. The van der Waals surface area contributed by atoms with Crippen molar-refractivity contribution in [1.82, 2.24) is 15.3 Å². The summed E-state index contributed by atoms with van der Waals surface area (Å²) < 4.78 is 18.9. The van der Waals surface area contributed by atoms with Crippen LogP contribution in [0.5, 0.6) is 0 Å². The predicted molar refractivity (Wildman–Crippen MR) is 117 cm³/mol. The van der Waals surface area contributed by atoms with Crippen molar-refractivity contribution in [3.63, 3.8) is 0 Å². The van der Waals surface area contributed by atoms with E-state index in [9.17, 15) is 9.18 Å². The van der Waals surface area contributed by atoms with Crippen molar-refractivity contribution in [2.45, 2.75) is 37.3 Å². The van der Waals surface area contributed by atoms with Gasteiger partial charge in [-0.1, -0.05) is 36.9 Å². The molecular weight excluding hydrogens is 401 g/mol. The van der Waals surface area contributed by atoms with Gasteiger partial charge in [0, 0.05) is 24.1 Å². The van der Waals surface area contributed by atoms with Crippen molar-refractivity contribution in [2.75, 3.05) is 18.9 Å². The minimum Gasteiger partial charge on any atom is -0.376 e. The van der Waals surface area contributed by atoms with Crippen LogP contribution < -0.4 is 5.32 Å². The molecule has 1 aromatic heterocycles. The van der Waals surface area contributed by atoms with Crippen LogP contribution in [0.4, 0.5) is 4.39 Å². The number of fused-ring (bicyclic) bond motifs is 1. The molecule has 0 spiro atoms. The van der Waals surface area contributed by atoms with E-state index >= 15 is 0 Å². The lowest BCUT2D eigenvalue weighted by molar-refractivity contribution is -0.119. The summed E-state index contributed by atoms with van der Waals surface area (Å²) in [5.74, 6) is 0.451. The van der Waals surface area contributed by atoms with Gasteiger partial charge in [0.15, 0.2) is 5.82 Å². The Morgan fingerprint density at radius 1 is 1.23 bits per heavy atom. The number of ether oxygens (including phenoxy) is 1. The monoisotopic (exact) mass is 425 g/mol. The number of halogens is 1. The third kappa shape index (κ3) is 4.79. The molecule has 0 aliphatic carbocycles. The van der Waals surface area contributed by atoms with E-state index in [0.717, 1.165) is 52.9 Å². The van der Waals surface area contributed by atoms with E-state index in [1.54, 1.807) is 12.1 Å². The highest BCUT2D eigenvalue weighted by molar-refractivity contribution is 8.00. The first kappa shape index (κ1) is 20.8. The Hall–Kier alpha value is -2.51. The van der Waals surface area contributed by atoms with Crippen LogP contribution >= 0.6 is 11.8 Å². The van der Waals surface area contributed by atoms with E-state index in [1.165, 1.54) is 23.9 Å². The van der Waals surface area contributed by atoms with Crippen LogP contribution in [0.1, 0.15) is 25.3 Å². The zero-order chi connectivity index (χ0) is 20.9. The Morgan fingerprint density at radius 2 is 2.07 bits per heavy atom. The summed E-state index contributed by atoms with van der Waals surface area (Å²) in [4.78, 5) is 21.8. The van der Waals surface area contributed by atoms with Gasteiger partial charge in [0.2, 0.25) is 5.91 Å². The minimum atomic E-state index is -0.300. The molecule has 0 unspecified atom stereocenters. The Kier molecular flexibility index (Phi) is 6.59. The molecule has 1 saturated heterocycles. The molecule has 1 N–H and O–H groups in total. The van der Waals surface area contributed by atoms with E-state index in [1.807, 2.05) is 18.2 Å². The van der Waals surface area contributed by atoms with Gasteiger partial charge in [0.25, 0.3) is 0 Å². The van der Waals surface area contributed by atoms with Gasteiger partial charge in [0.05, 0.1) is 17.4 Å². The molecule has 156 valence electrons. The van der Waals surface area contributed by atoms with E-state index in [0.29, 0.717) is 12.4 Å². The van der Waals surface area contributed by atoms with Crippen molar-refractivity contribution in [2.24, 2.45) is 0 Å². The quantitative estimate of drug-likeness (QED) is 0.449. The van der Waals surface area contributed by atoms with Gasteiger partial charge >= 0.3 is 0 Å². The molecule has 5 nitrogen and oxygen atoms in total. The fourth-order valence-corrected chi connectivity index (χ4v) is 4.37. The van der Waals surface area contributed by atoms with Crippen molar-refractivity contribution < 1.29 is 13.9 Å². The SMILES string of the molecule is CCc1cccc2c(SCC(=O)NC[C@@H]3CCCO3)nc(-c3ccc(F)cc3)nc12. The molecule has 2 heterocycles. The maximum Gasteiger partial charge on any atom is 0.230 e. The molecule has 4 rings (SSSR count). The van der Waals surface area contributed by atoms with E-state index < -0.39 is 0 Å². The topological polar surface area (TPSA) is 64.1 Å². The van der Waals surface area contributed by atoms with E-state index in [2.05, 4.69) is 12.2 Å². The average Bonchev–Trinajstić information content (AvgIpc) is 3.29. The first-order valence-corrected chi connectivity index (χ1v) is 11.2. The Labute approximate surface area is 179 Å². The normalized spacial score (nSPS) is 16.1. The second kappa shape index (κ2) is 9.53. The number of carbonyl (C=O) groups excluding carboxylic acids is 1. The largest absolute Gasteiger partial charge is 0.376 e. The smallest absolute Gasteiger partial charge is 0.230 e. The maximum absolute atomic E-state index is 13.3. The Morgan fingerprint density at radius 3 is 2.80 bits per heavy atom. The van der Waals surface area contributed by atoms with Crippen LogP contribution in [0.3, 0.4) is 0 Å². The molecule has 2 aromatic carbocycles. The first-order valence-electron chi connectivity index (χ1n) is 10.2. The number of rotatable bonds is 7. The third-order valence-electron chi connectivity index (χ3n) is 5.15. The van der Waals surface area contributed by atoms with Gasteiger partial charge in [0.1, 0.15) is 10.8 Å². The number of benzene rings is 2. The lowest BCUT2D eigenvalue weighted by atomic mass is 10.1. The number of amides is 1. The number of aromatic nitrogens is 2. The highest BCUT2D eigenvalue weighted by atomic mass is 32.2. The number of thioether (sulfide) groups is 1. The molecule has 1 fully saturated rings. The van der Waals surface area contributed by atoms with Crippen LogP contribution in [0.25, 0.3) is 22.3 Å². The van der Waals surface area contributed by atoms with Crippen molar-refractivity contribution in [1.29, 1.82) is 0 Å². The summed E-state index contributed by atoms with van der Waals surface area (Å²) >= 11 is 1.39. The van der Waals surface area contributed by atoms with Gasteiger partial charge in [-0.3, -0.25) is 4.79 Å². The van der Waals surface area contributed by atoms with E-state index in [4.69, 9.17) is 14.7 Å². The zero-order valence-corrected chi connectivity index (χ0v) is 17.7. The number of hydrogen-bond donors (Lipinski definition) is 1. The molecule has 0 bridgehead atoms. The molecule has 1 aliphatic rings. The predicted octanol–water partition coefficient (Wildman–Crippen LogP) is 4.39. The summed E-state index contributed by atoms with van der Waals surface area (Å²) in [6, 6.07) is 12.2. The number of aryl methyl sites for hydroxylation is 1. The molecule has 3 aromatic rings. The summed E-state index contributed by atoms with van der Waals surface area (Å²) in [5, 5.41) is 4.63. The average molecular weight is 426 g/mol. The Balaban J connectivity index is 1.58. The minimum absolute atomic E-state index is 0.0442. The molecule has 1 aliphatic heterocycles. The lowest BCUT2D eigenvalue weighted by Gasteiger charge is -2.12. The lowest BCUT2D eigenvalue weighted by Crippen LogP contribution is -2.32. The summed E-state index contributed by atoms with van der Waals surface area (Å²) in [6.07, 6.45) is 3.00. The second-order valence-electron chi connectivity index (χ2n) is 7.25. The van der Waals surface area contributed by atoms with Crippen LogP contribution in [0, 0.1) is 5.82 Å². The number of nitrogens with one attached hydrogen (secondary N) is 1. The molecule has 30 heavy (non-hydrogen) atoms. The van der Waals surface area contributed by atoms with Crippen molar-refractivity contribution >= 4 is 28.6 Å². The third-order valence-corrected chi connectivity index (χ3v) is 6.14. The van der Waals surface area contributed by atoms with Gasteiger partial charge in [-0.25, -0.2) is 14.4 Å². The van der Waals surface area contributed by atoms with Gasteiger partial charge in [-0.15, -0.1) is 0 Å². The molecule has 0 radical (unpaired) electrons. The molecule has 7 heteroatoms. The zero-order valence-electron chi connectivity index (χ0n) is 16.9. The second-order valence-corrected chi connectivity index (χ2v) is 8.22. The van der Waals surface area contributed by atoms with E-state index in [-0.39, 0.29) is 23.6 Å². The van der Waals surface area contributed by atoms with Crippen molar-refractivity contribution in [3.8, 4) is 11.4 Å². The molecular formula is C23H24FN3O2S. The number of carbonyl (C=O) groups is 1. The maximum atomic E-state index is 13.3. The highest BCUT2D eigenvalue weighted by Crippen LogP contribution is 2.30. The first-order chi connectivity index (χ1) is 14.6. The van der Waals surface area contributed by atoms with Crippen LogP contribution in [0.15, 0.2) is 47.5 Å². The number of nitrogens with zero attached hydrogens (tertiary/aromatic N) is 2. The Bertz CT molecular complexity index is 1040. The fraction of sp³-hybridized carbons (Fsp3) is 0.348. The van der Waals surface area contributed by atoms with Crippen LogP contribution in [-0.4, -0.2) is 40.9 Å². The van der Waals surface area contributed by atoms with Gasteiger partial charge in [-0.2, -0.15) is 0 Å². The summed E-state index contributed by atoms with van der Waals surface area (Å²) in [6.45, 7) is 3.40. The number of para-hydroxylation sites is 1.